The van der Waals surface area contributed by atoms with Crippen LogP contribution < -0.4 is 15.3 Å². The number of nitrogens with one attached hydrogen (secondary N) is 1. The molecule has 0 radical (unpaired) electrons. The highest BCUT2D eigenvalue weighted by Gasteiger charge is 2.36. The first-order valence-corrected chi connectivity index (χ1v) is 9.07. The summed E-state index contributed by atoms with van der Waals surface area (Å²) in [7, 11) is 0. The number of aromatic nitrogens is 3. The number of rotatable bonds is 0. The van der Waals surface area contributed by atoms with Crippen LogP contribution in [0.3, 0.4) is 0 Å². The molecule has 4 rings (SSSR count). The van der Waals surface area contributed by atoms with Crippen LogP contribution in [-0.2, 0) is 4.74 Å². The van der Waals surface area contributed by atoms with Gasteiger partial charge in [-0.2, -0.15) is 4.98 Å². The van der Waals surface area contributed by atoms with Crippen molar-refractivity contribution in [1.82, 2.24) is 19.9 Å². The lowest BCUT2D eigenvalue weighted by Crippen LogP contribution is -2.57. The molecule has 2 aliphatic heterocycles. The summed E-state index contributed by atoms with van der Waals surface area (Å²) in [5, 5.41) is 0.841. The molecule has 1 N–H and O–H groups in total. The second kappa shape index (κ2) is 6.26. The Morgan fingerprint density at radius 2 is 2.15 bits per heavy atom. The number of hydrogen-bond donors (Lipinski definition) is 1. The molecule has 0 unspecified atom stereocenters. The van der Waals surface area contributed by atoms with Gasteiger partial charge in [-0.1, -0.05) is 11.6 Å². The number of piperazine rings is 1. The highest BCUT2D eigenvalue weighted by molar-refractivity contribution is 6.30. The van der Waals surface area contributed by atoms with Crippen molar-refractivity contribution in [2.75, 3.05) is 31.1 Å². The molecule has 0 saturated carbocycles. The molecule has 0 bridgehead atoms. The molecule has 2 aliphatic rings. The molecule has 1 saturated heterocycles. The molecule has 0 aromatic carbocycles. The number of carbonyl (C=O) groups is 1. The maximum absolute atomic E-state index is 12.4. The molecular formula is C17H20ClN5O4. The van der Waals surface area contributed by atoms with Gasteiger partial charge in [0.2, 0.25) is 0 Å². The fourth-order valence-electron chi connectivity index (χ4n) is 3.36. The number of hydrogen-bond acceptors (Lipinski definition) is 7. The van der Waals surface area contributed by atoms with Crippen LogP contribution in [0.25, 0.3) is 11.0 Å². The largest absolute Gasteiger partial charge is 0.490 e. The van der Waals surface area contributed by atoms with Crippen molar-refractivity contribution >= 4 is 34.5 Å². The number of aromatic amines is 1. The topological polar surface area (TPSA) is 101 Å². The molecule has 9 nitrogen and oxygen atoms in total. The van der Waals surface area contributed by atoms with Crippen LogP contribution in [-0.4, -0.2) is 63.8 Å². The number of amides is 1. The van der Waals surface area contributed by atoms with E-state index >= 15 is 0 Å². The van der Waals surface area contributed by atoms with Gasteiger partial charge in [0.05, 0.1) is 6.04 Å². The third kappa shape index (κ3) is 3.39. The number of pyridine rings is 1. The second-order valence-electron chi connectivity index (χ2n) is 7.62. The number of ether oxygens (including phenoxy) is 2. The Morgan fingerprint density at radius 1 is 1.37 bits per heavy atom. The van der Waals surface area contributed by atoms with E-state index in [4.69, 9.17) is 21.1 Å². The molecule has 2 aromatic heterocycles. The maximum Gasteiger partial charge on any atom is 0.410 e. The van der Waals surface area contributed by atoms with Gasteiger partial charge in [0.25, 0.3) is 0 Å². The molecule has 4 heterocycles. The zero-order chi connectivity index (χ0) is 19.3. The van der Waals surface area contributed by atoms with E-state index in [0.29, 0.717) is 48.8 Å². The molecule has 1 atom stereocenters. The van der Waals surface area contributed by atoms with Gasteiger partial charge in [-0.05, 0) is 20.8 Å². The first-order valence-electron chi connectivity index (χ1n) is 8.69. The first kappa shape index (κ1) is 17.8. The molecule has 1 fully saturated rings. The third-order valence-electron chi connectivity index (χ3n) is 4.45. The second-order valence-corrected chi connectivity index (χ2v) is 8.00. The summed E-state index contributed by atoms with van der Waals surface area (Å²) >= 11 is 6.05. The van der Waals surface area contributed by atoms with Crippen molar-refractivity contribution in [3.05, 3.63) is 21.7 Å². The van der Waals surface area contributed by atoms with E-state index in [-0.39, 0.29) is 17.3 Å². The van der Waals surface area contributed by atoms with E-state index in [9.17, 15) is 9.59 Å². The summed E-state index contributed by atoms with van der Waals surface area (Å²) in [6, 6.07) is 1.44. The Labute approximate surface area is 160 Å². The predicted octanol–water partition coefficient (Wildman–Crippen LogP) is 1.79. The first-order chi connectivity index (χ1) is 12.7. The van der Waals surface area contributed by atoms with Gasteiger partial charge >= 0.3 is 11.8 Å². The van der Waals surface area contributed by atoms with Crippen molar-refractivity contribution < 1.29 is 14.3 Å². The molecule has 10 heteroatoms. The van der Waals surface area contributed by atoms with Gasteiger partial charge in [0.1, 0.15) is 34.3 Å². The highest BCUT2D eigenvalue weighted by Crippen LogP contribution is 2.36. The number of nitrogens with zero attached hydrogens (tertiary/aromatic N) is 4. The molecule has 0 spiro atoms. The lowest BCUT2D eigenvalue weighted by atomic mass is 10.1. The molecular weight excluding hydrogens is 374 g/mol. The van der Waals surface area contributed by atoms with Crippen LogP contribution in [0.15, 0.2) is 10.9 Å². The number of anilines is 1. The smallest absolute Gasteiger partial charge is 0.410 e. The molecule has 1 amide bonds. The van der Waals surface area contributed by atoms with E-state index in [1.807, 2.05) is 25.7 Å². The van der Waals surface area contributed by atoms with Crippen LogP contribution in [0.1, 0.15) is 20.8 Å². The predicted molar refractivity (Wildman–Crippen MR) is 99.6 cm³/mol. The fourth-order valence-corrected chi connectivity index (χ4v) is 3.54. The number of H-pyrrole nitrogens is 1. The fraction of sp³-hybridized carbons (Fsp3) is 0.529. The van der Waals surface area contributed by atoms with Crippen molar-refractivity contribution in [3.63, 3.8) is 0 Å². The highest BCUT2D eigenvalue weighted by atomic mass is 35.5. The lowest BCUT2D eigenvalue weighted by Gasteiger charge is -2.41. The average Bonchev–Trinajstić information content (AvgIpc) is 2.70. The van der Waals surface area contributed by atoms with E-state index in [1.54, 1.807) is 11.0 Å². The Morgan fingerprint density at radius 3 is 2.89 bits per heavy atom. The van der Waals surface area contributed by atoms with E-state index in [1.165, 1.54) is 0 Å². The standard InChI is InChI=1S/C17H20ClN5O4/c1-17(2,3)27-16(25)22-4-5-23-9(7-22)8-26-10-6-11(18)19-13-12(10)14(23)21-15(24)20-13/h6,9H,4-5,7-8H2,1-3H3,(H,19,20,21,24)/t9-/m1/s1. The summed E-state index contributed by atoms with van der Waals surface area (Å²) in [4.78, 5) is 39.0. The summed E-state index contributed by atoms with van der Waals surface area (Å²) < 4.78 is 11.4. The molecule has 0 aliphatic carbocycles. The van der Waals surface area contributed by atoms with Gasteiger partial charge in [-0.3, -0.25) is 4.98 Å². The van der Waals surface area contributed by atoms with Crippen molar-refractivity contribution in [2.24, 2.45) is 0 Å². The summed E-state index contributed by atoms with van der Waals surface area (Å²) in [6.07, 6.45) is -0.363. The van der Waals surface area contributed by atoms with E-state index in [2.05, 4.69) is 15.0 Å². The van der Waals surface area contributed by atoms with Crippen LogP contribution in [0.4, 0.5) is 10.6 Å². The maximum atomic E-state index is 12.4. The molecule has 27 heavy (non-hydrogen) atoms. The van der Waals surface area contributed by atoms with Crippen LogP contribution >= 0.6 is 11.6 Å². The number of halogens is 1. The SMILES string of the molecule is CC(C)(C)OC(=O)N1CCN2c3nc(=O)[nH]c4nc(Cl)cc(c34)OC[C@H]2C1. The monoisotopic (exact) mass is 393 g/mol. The Kier molecular flexibility index (Phi) is 4.14. The van der Waals surface area contributed by atoms with Crippen molar-refractivity contribution in [2.45, 2.75) is 32.4 Å². The van der Waals surface area contributed by atoms with Gasteiger partial charge in [-0.15, -0.1) is 0 Å². The Bertz CT molecular complexity index is 970. The zero-order valence-electron chi connectivity index (χ0n) is 15.3. The zero-order valence-corrected chi connectivity index (χ0v) is 16.0. The minimum Gasteiger partial charge on any atom is -0.490 e. The summed E-state index contributed by atoms with van der Waals surface area (Å²) in [6.45, 7) is 7.18. The van der Waals surface area contributed by atoms with Gasteiger partial charge in [-0.25, -0.2) is 14.6 Å². The van der Waals surface area contributed by atoms with Gasteiger partial charge in [0.15, 0.2) is 5.65 Å². The molecule has 2 aromatic rings. The summed E-state index contributed by atoms with van der Waals surface area (Å²) in [5.74, 6) is 1.02. The van der Waals surface area contributed by atoms with E-state index < -0.39 is 11.3 Å². The molecule has 144 valence electrons. The third-order valence-corrected chi connectivity index (χ3v) is 4.64. The minimum absolute atomic E-state index is 0.171. The Balaban J connectivity index is 1.68. The lowest BCUT2D eigenvalue weighted by molar-refractivity contribution is 0.0202. The number of carbonyl (C=O) groups excluding carboxylic acids is 1. The summed E-state index contributed by atoms with van der Waals surface area (Å²) in [5.41, 5.74) is -0.732. The normalized spacial score (nSPS) is 19.3. The van der Waals surface area contributed by atoms with Gasteiger partial charge in [0, 0.05) is 25.7 Å². The van der Waals surface area contributed by atoms with Gasteiger partial charge < -0.3 is 19.3 Å². The average molecular weight is 394 g/mol. The van der Waals surface area contributed by atoms with Crippen molar-refractivity contribution in [1.29, 1.82) is 0 Å². The van der Waals surface area contributed by atoms with Crippen LogP contribution in [0.5, 0.6) is 5.75 Å². The van der Waals surface area contributed by atoms with Crippen LogP contribution in [0.2, 0.25) is 5.15 Å². The Hall–Kier alpha value is -2.55. The van der Waals surface area contributed by atoms with Crippen LogP contribution in [0, 0.1) is 0 Å². The van der Waals surface area contributed by atoms with Crippen molar-refractivity contribution in [3.8, 4) is 5.75 Å². The minimum atomic E-state index is -0.562. The quantitative estimate of drug-likeness (QED) is 0.681. The van der Waals surface area contributed by atoms with E-state index in [0.717, 1.165) is 0 Å². The number of fused-ring (bicyclic) bond motifs is 2.